The summed E-state index contributed by atoms with van der Waals surface area (Å²) in [6.45, 7) is 1.84. The van der Waals surface area contributed by atoms with E-state index in [2.05, 4.69) is 0 Å². The number of carbonyl (C=O) groups excluding carboxylic acids is 1. The van der Waals surface area contributed by atoms with Crippen molar-refractivity contribution in [3.8, 4) is 5.75 Å². The van der Waals surface area contributed by atoms with E-state index in [-0.39, 0.29) is 12.0 Å². The van der Waals surface area contributed by atoms with Crippen molar-refractivity contribution < 1.29 is 59.2 Å². The van der Waals surface area contributed by atoms with Crippen LogP contribution in [-0.2, 0) is 4.74 Å². The van der Waals surface area contributed by atoms with Crippen LogP contribution in [0.15, 0.2) is 12.1 Å². The van der Waals surface area contributed by atoms with Crippen molar-refractivity contribution in [3.63, 3.8) is 0 Å². The SMILES string of the molecule is CCC(C)c1cc([N+](=O)[O-])cc([N+](=O)[O-])c1OC(=O)OCC(CCF)C(C(F)C(C)CC(F)F)C(CCC(F)F)C(F)F. The Morgan fingerprint density at radius 2 is 1.56 bits per heavy atom. The lowest BCUT2D eigenvalue weighted by atomic mass is 9.72. The monoisotopic (exact) mass is 638 g/mol. The molecule has 0 aliphatic carbocycles. The lowest BCUT2D eigenvalue weighted by Gasteiger charge is -2.37. The molecule has 0 bridgehead atoms. The summed E-state index contributed by atoms with van der Waals surface area (Å²) in [7, 11) is 0. The number of nitro benzene ring substituents is 2. The van der Waals surface area contributed by atoms with Crippen LogP contribution in [-0.4, -0.2) is 54.7 Å². The van der Waals surface area contributed by atoms with E-state index in [4.69, 9.17) is 9.47 Å². The number of ether oxygens (including phenoxy) is 2. The van der Waals surface area contributed by atoms with Crippen LogP contribution in [0.25, 0.3) is 0 Å². The van der Waals surface area contributed by atoms with Crippen molar-refractivity contribution >= 4 is 17.5 Å². The van der Waals surface area contributed by atoms with Gasteiger partial charge in [-0.25, -0.2) is 35.5 Å². The van der Waals surface area contributed by atoms with Crippen LogP contribution in [0.3, 0.4) is 0 Å². The molecule has 246 valence electrons. The summed E-state index contributed by atoms with van der Waals surface area (Å²) in [5.41, 5.74) is -1.77. The zero-order chi connectivity index (χ0) is 33.0. The molecule has 0 N–H and O–H groups in total. The highest BCUT2D eigenvalue weighted by Gasteiger charge is 2.44. The standard InChI is InChI=1S/C26H34F8N2O7/c1-4-13(2)18-10-16(35(38)39)11-19(36(40)41)24(18)43-26(37)42-12-15(7-8-27)22(23(32)14(3)9-21(30)31)17(25(33)34)5-6-20(28)29/h10-11,13-15,17,20-23,25H,4-9,12H2,1-3H3. The fourth-order valence-electron chi connectivity index (χ4n) is 4.81. The minimum Gasteiger partial charge on any atom is -0.434 e. The molecule has 1 rings (SSSR count). The second-order valence-corrected chi connectivity index (χ2v) is 10.2. The van der Waals surface area contributed by atoms with Crippen molar-refractivity contribution in [2.45, 2.75) is 84.2 Å². The summed E-state index contributed by atoms with van der Waals surface area (Å²) in [4.78, 5) is 33.6. The van der Waals surface area contributed by atoms with Gasteiger partial charge in [0.25, 0.3) is 5.69 Å². The Kier molecular flexibility index (Phi) is 15.6. The average molecular weight is 639 g/mol. The molecule has 43 heavy (non-hydrogen) atoms. The van der Waals surface area contributed by atoms with E-state index in [1.807, 2.05) is 0 Å². The quantitative estimate of drug-likeness (QED) is 0.0489. The molecule has 0 radical (unpaired) electrons. The summed E-state index contributed by atoms with van der Waals surface area (Å²) in [5, 5.41) is 22.9. The first kappa shape index (κ1) is 37.8. The minimum atomic E-state index is -3.42. The molecule has 9 nitrogen and oxygen atoms in total. The summed E-state index contributed by atoms with van der Waals surface area (Å²) in [6, 6.07) is 1.48. The topological polar surface area (TPSA) is 122 Å². The molecule has 0 saturated carbocycles. The average Bonchev–Trinajstić information content (AvgIpc) is 2.91. The Balaban J connectivity index is 3.43. The number of carbonyl (C=O) groups is 1. The number of rotatable bonds is 19. The van der Waals surface area contributed by atoms with Gasteiger partial charge < -0.3 is 9.47 Å². The second kappa shape index (κ2) is 17.8. The Labute approximate surface area is 242 Å². The van der Waals surface area contributed by atoms with Gasteiger partial charge in [0, 0.05) is 42.2 Å². The fraction of sp³-hybridized carbons (Fsp3) is 0.731. The van der Waals surface area contributed by atoms with E-state index in [9.17, 15) is 55.8 Å². The van der Waals surface area contributed by atoms with Crippen molar-refractivity contribution in [1.29, 1.82) is 0 Å². The largest absolute Gasteiger partial charge is 0.514 e. The van der Waals surface area contributed by atoms with Crippen LogP contribution in [0.4, 0.5) is 51.3 Å². The van der Waals surface area contributed by atoms with Crippen molar-refractivity contribution in [2.75, 3.05) is 13.3 Å². The molecule has 17 heteroatoms. The minimum absolute atomic E-state index is 0.118. The predicted molar refractivity (Wildman–Crippen MR) is 137 cm³/mol. The first-order chi connectivity index (χ1) is 20.0. The molecule has 0 amide bonds. The first-order valence-corrected chi connectivity index (χ1v) is 13.4. The number of nitrogens with zero attached hydrogens (tertiary/aromatic N) is 2. The summed E-state index contributed by atoms with van der Waals surface area (Å²) in [6.07, 6.45) is -17.2. The third kappa shape index (κ3) is 11.4. The number of nitro groups is 2. The smallest absolute Gasteiger partial charge is 0.434 e. The van der Waals surface area contributed by atoms with Gasteiger partial charge in [0.15, 0.2) is 0 Å². The van der Waals surface area contributed by atoms with E-state index >= 15 is 4.39 Å². The maximum absolute atomic E-state index is 15.5. The lowest BCUT2D eigenvalue weighted by molar-refractivity contribution is -0.394. The summed E-state index contributed by atoms with van der Waals surface area (Å²) < 4.78 is 119. The highest BCUT2D eigenvalue weighted by molar-refractivity contribution is 5.70. The molecule has 0 spiro atoms. The van der Waals surface area contributed by atoms with Crippen molar-refractivity contribution in [2.24, 2.45) is 23.7 Å². The van der Waals surface area contributed by atoms with Gasteiger partial charge in [-0.3, -0.25) is 24.6 Å². The zero-order valence-electron chi connectivity index (χ0n) is 23.6. The molecule has 0 heterocycles. The normalized spacial score (nSPS) is 16.0. The number of hydrogen-bond donors (Lipinski definition) is 0. The maximum atomic E-state index is 15.5. The maximum Gasteiger partial charge on any atom is 0.514 e. The Bertz CT molecular complexity index is 1070. The summed E-state index contributed by atoms with van der Waals surface area (Å²) >= 11 is 0. The molecule has 6 atom stereocenters. The molecular weight excluding hydrogens is 604 g/mol. The van der Waals surface area contributed by atoms with Crippen LogP contribution in [0.5, 0.6) is 5.75 Å². The van der Waals surface area contributed by atoms with E-state index in [1.165, 1.54) is 6.92 Å². The van der Waals surface area contributed by atoms with Crippen LogP contribution in [0.1, 0.15) is 64.4 Å². The predicted octanol–water partition coefficient (Wildman–Crippen LogP) is 8.68. The molecule has 1 aromatic rings. The molecule has 0 saturated heterocycles. The van der Waals surface area contributed by atoms with Gasteiger partial charge >= 0.3 is 11.8 Å². The van der Waals surface area contributed by atoms with Gasteiger partial charge in [0.1, 0.15) is 6.17 Å². The highest BCUT2D eigenvalue weighted by Crippen LogP contribution is 2.42. The second-order valence-electron chi connectivity index (χ2n) is 10.2. The van der Waals surface area contributed by atoms with Crippen LogP contribution in [0, 0.1) is 43.9 Å². The zero-order valence-corrected chi connectivity index (χ0v) is 23.6. The Morgan fingerprint density at radius 3 is 2.02 bits per heavy atom. The molecular formula is C26H34F8N2O7. The number of alkyl halides is 8. The third-order valence-electron chi connectivity index (χ3n) is 7.26. The molecule has 0 aromatic heterocycles. The van der Waals surface area contributed by atoms with Crippen molar-refractivity contribution in [1.82, 2.24) is 0 Å². The number of halogens is 8. The van der Waals surface area contributed by atoms with Gasteiger partial charge in [-0.15, -0.1) is 0 Å². The number of benzene rings is 1. The Morgan fingerprint density at radius 1 is 0.930 bits per heavy atom. The van der Waals surface area contributed by atoms with Gasteiger partial charge in [0.05, 0.1) is 29.2 Å². The van der Waals surface area contributed by atoms with Crippen molar-refractivity contribution in [3.05, 3.63) is 37.9 Å². The van der Waals surface area contributed by atoms with Crippen LogP contribution >= 0.6 is 0 Å². The first-order valence-electron chi connectivity index (χ1n) is 13.4. The van der Waals surface area contributed by atoms with E-state index in [0.717, 1.165) is 13.0 Å². The van der Waals surface area contributed by atoms with E-state index in [0.29, 0.717) is 6.07 Å². The molecule has 0 aliphatic rings. The summed E-state index contributed by atoms with van der Waals surface area (Å²) in [5.74, 6) is -8.66. The lowest BCUT2D eigenvalue weighted by Crippen LogP contribution is -2.41. The van der Waals surface area contributed by atoms with E-state index in [1.54, 1.807) is 6.92 Å². The number of hydrogen-bond acceptors (Lipinski definition) is 7. The van der Waals surface area contributed by atoms with Gasteiger partial charge in [-0.05, 0) is 31.1 Å². The highest BCUT2D eigenvalue weighted by atomic mass is 19.3. The van der Waals surface area contributed by atoms with Crippen LogP contribution in [0.2, 0.25) is 0 Å². The molecule has 0 fully saturated rings. The van der Waals surface area contributed by atoms with Gasteiger partial charge in [-0.1, -0.05) is 20.8 Å². The van der Waals surface area contributed by atoms with Gasteiger partial charge in [-0.2, -0.15) is 0 Å². The molecule has 1 aromatic carbocycles. The van der Waals surface area contributed by atoms with Crippen LogP contribution < -0.4 is 4.74 Å². The Hall–Kier alpha value is -3.27. The third-order valence-corrected chi connectivity index (χ3v) is 7.26. The van der Waals surface area contributed by atoms with E-state index < -0.39 is 127 Å². The fourth-order valence-corrected chi connectivity index (χ4v) is 4.81. The molecule has 0 aliphatic heterocycles. The molecule has 6 unspecified atom stereocenters. The van der Waals surface area contributed by atoms with Gasteiger partial charge in [0.2, 0.25) is 25.0 Å². The number of non-ortho nitro benzene ring substituents is 1.